The zero-order valence-corrected chi connectivity index (χ0v) is 17.2. The van der Waals surface area contributed by atoms with Crippen molar-refractivity contribution in [3.63, 3.8) is 0 Å². The summed E-state index contributed by atoms with van der Waals surface area (Å²) in [5.74, 6) is -2.10. The van der Waals surface area contributed by atoms with Crippen LogP contribution in [0.15, 0.2) is 42.5 Å². The number of hydrogen-bond donors (Lipinski definition) is 1. The van der Waals surface area contributed by atoms with Gasteiger partial charge in [0, 0.05) is 11.3 Å². The largest absolute Gasteiger partial charge is 0.454 e. The summed E-state index contributed by atoms with van der Waals surface area (Å²) in [6, 6.07) is 12.5. The molecule has 1 N–H and O–H groups in total. The summed E-state index contributed by atoms with van der Waals surface area (Å²) in [5.41, 5.74) is 3.62. The fraction of sp³-hybridized carbons (Fsp3) is 0.304. The van der Waals surface area contributed by atoms with Gasteiger partial charge in [-0.2, -0.15) is 0 Å². The molecule has 3 amide bonds. The van der Waals surface area contributed by atoms with Crippen LogP contribution in [0.4, 0.5) is 5.69 Å². The van der Waals surface area contributed by atoms with Crippen LogP contribution in [0.25, 0.3) is 0 Å². The van der Waals surface area contributed by atoms with E-state index in [4.69, 9.17) is 4.74 Å². The van der Waals surface area contributed by atoms with E-state index in [-0.39, 0.29) is 12.3 Å². The first kappa shape index (κ1) is 21.2. The topological polar surface area (TPSA) is 92.8 Å². The van der Waals surface area contributed by atoms with Crippen LogP contribution in [-0.2, 0) is 25.5 Å². The van der Waals surface area contributed by atoms with Gasteiger partial charge in [0.25, 0.3) is 11.8 Å². The van der Waals surface area contributed by atoms with E-state index >= 15 is 0 Å². The second-order valence-electron chi connectivity index (χ2n) is 7.52. The van der Waals surface area contributed by atoms with Crippen LogP contribution >= 0.6 is 0 Å². The number of carbonyl (C=O) groups is 4. The van der Waals surface area contributed by atoms with Gasteiger partial charge in [0.2, 0.25) is 5.91 Å². The minimum Gasteiger partial charge on any atom is -0.454 e. The molecule has 0 saturated heterocycles. The summed E-state index contributed by atoms with van der Waals surface area (Å²) in [6.07, 6.45) is 0.0426. The molecule has 0 bridgehead atoms. The Balaban J connectivity index is 1.59. The lowest BCUT2D eigenvalue weighted by Crippen LogP contribution is -2.45. The third-order valence-corrected chi connectivity index (χ3v) is 4.98. The zero-order chi connectivity index (χ0) is 21.8. The molecule has 0 fully saturated rings. The van der Waals surface area contributed by atoms with Crippen LogP contribution in [-0.4, -0.2) is 41.7 Å². The van der Waals surface area contributed by atoms with Gasteiger partial charge >= 0.3 is 5.97 Å². The Bertz CT molecular complexity index is 1010. The number of aryl methyl sites for hydroxylation is 1. The predicted molar refractivity (Wildman–Crippen MR) is 111 cm³/mol. The average Bonchev–Trinajstić information content (AvgIpc) is 2.71. The molecule has 7 heteroatoms. The Labute approximate surface area is 175 Å². The fourth-order valence-electron chi connectivity index (χ4n) is 3.40. The summed E-state index contributed by atoms with van der Waals surface area (Å²) in [6.45, 7) is 4.90. The second-order valence-corrected chi connectivity index (χ2v) is 7.52. The standard InChI is InChI=1S/C23H24N2O5/c1-14(2)17-10-6-7-15(3)22(17)24-19(26)13-30-21(28)12-25-20(27)11-16-8-4-5-9-18(16)23(25)29/h4-10,14H,11-13H2,1-3H3,(H,24,26). The molecule has 0 atom stereocenters. The van der Waals surface area contributed by atoms with E-state index in [1.807, 2.05) is 39.0 Å². The molecule has 156 valence electrons. The molecule has 3 rings (SSSR count). The van der Waals surface area contributed by atoms with Crippen LogP contribution < -0.4 is 5.32 Å². The first-order chi connectivity index (χ1) is 14.3. The molecule has 7 nitrogen and oxygen atoms in total. The van der Waals surface area contributed by atoms with Crippen molar-refractivity contribution < 1.29 is 23.9 Å². The summed E-state index contributed by atoms with van der Waals surface area (Å²) >= 11 is 0. The lowest BCUT2D eigenvalue weighted by Gasteiger charge is -2.25. The maximum atomic E-state index is 12.5. The molecule has 0 radical (unpaired) electrons. The highest BCUT2D eigenvalue weighted by atomic mass is 16.5. The Morgan fingerprint density at radius 2 is 1.83 bits per heavy atom. The molecule has 2 aromatic carbocycles. The van der Waals surface area contributed by atoms with Crippen molar-refractivity contribution in [2.75, 3.05) is 18.5 Å². The van der Waals surface area contributed by atoms with Gasteiger partial charge in [-0.05, 0) is 35.6 Å². The van der Waals surface area contributed by atoms with Gasteiger partial charge in [-0.15, -0.1) is 0 Å². The molecule has 0 aliphatic carbocycles. The quantitative estimate of drug-likeness (QED) is 0.586. The number of nitrogens with zero attached hydrogens (tertiary/aromatic N) is 1. The number of imide groups is 1. The van der Waals surface area contributed by atoms with E-state index in [9.17, 15) is 19.2 Å². The van der Waals surface area contributed by atoms with Crippen molar-refractivity contribution in [3.8, 4) is 0 Å². The molecule has 0 unspecified atom stereocenters. The van der Waals surface area contributed by atoms with E-state index < -0.39 is 36.8 Å². The summed E-state index contributed by atoms with van der Waals surface area (Å²) in [5, 5.41) is 2.79. The number of para-hydroxylation sites is 1. The highest BCUT2D eigenvalue weighted by molar-refractivity contribution is 6.11. The molecule has 1 heterocycles. The van der Waals surface area contributed by atoms with Crippen molar-refractivity contribution in [1.29, 1.82) is 0 Å². The van der Waals surface area contributed by atoms with Gasteiger partial charge in [-0.25, -0.2) is 0 Å². The van der Waals surface area contributed by atoms with Crippen molar-refractivity contribution >= 4 is 29.4 Å². The first-order valence-electron chi connectivity index (χ1n) is 9.75. The van der Waals surface area contributed by atoms with Crippen LogP contribution in [0.2, 0.25) is 0 Å². The third kappa shape index (κ3) is 4.56. The SMILES string of the molecule is Cc1cccc(C(C)C)c1NC(=O)COC(=O)CN1C(=O)Cc2ccccc2C1=O. The van der Waals surface area contributed by atoms with E-state index in [2.05, 4.69) is 5.32 Å². The Hall–Kier alpha value is -3.48. The maximum Gasteiger partial charge on any atom is 0.326 e. The van der Waals surface area contributed by atoms with Crippen LogP contribution in [0, 0.1) is 6.92 Å². The molecular formula is C23H24N2O5. The van der Waals surface area contributed by atoms with Gasteiger partial charge in [0.1, 0.15) is 6.54 Å². The molecule has 1 aliphatic rings. The molecule has 0 saturated carbocycles. The van der Waals surface area contributed by atoms with E-state index in [1.54, 1.807) is 24.3 Å². The lowest BCUT2D eigenvalue weighted by atomic mass is 9.98. The lowest BCUT2D eigenvalue weighted by molar-refractivity contribution is -0.150. The van der Waals surface area contributed by atoms with E-state index in [1.165, 1.54) is 0 Å². The normalized spacial score (nSPS) is 13.3. The number of anilines is 1. The molecule has 30 heavy (non-hydrogen) atoms. The van der Waals surface area contributed by atoms with Crippen LogP contribution in [0.5, 0.6) is 0 Å². The highest BCUT2D eigenvalue weighted by Gasteiger charge is 2.32. The Morgan fingerprint density at radius 3 is 2.57 bits per heavy atom. The predicted octanol–water partition coefficient (Wildman–Crippen LogP) is 2.83. The number of hydrogen-bond acceptors (Lipinski definition) is 5. The average molecular weight is 408 g/mol. The van der Waals surface area contributed by atoms with Crippen molar-refractivity contribution in [3.05, 3.63) is 64.7 Å². The molecule has 2 aromatic rings. The van der Waals surface area contributed by atoms with E-state index in [0.29, 0.717) is 16.8 Å². The molecule has 0 spiro atoms. The second kappa shape index (κ2) is 8.90. The summed E-state index contributed by atoms with van der Waals surface area (Å²) in [4.78, 5) is 50.1. The van der Waals surface area contributed by atoms with Gasteiger partial charge in [-0.1, -0.05) is 50.2 Å². The number of fused-ring (bicyclic) bond motifs is 1. The van der Waals surface area contributed by atoms with Crippen molar-refractivity contribution in [2.24, 2.45) is 0 Å². The molecule has 1 aliphatic heterocycles. The molecule has 0 aromatic heterocycles. The monoisotopic (exact) mass is 408 g/mol. The number of ether oxygens (including phenoxy) is 1. The van der Waals surface area contributed by atoms with Gasteiger partial charge in [0.15, 0.2) is 6.61 Å². The van der Waals surface area contributed by atoms with Crippen molar-refractivity contribution in [1.82, 2.24) is 4.90 Å². The van der Waals surface area contributed by atoms with Crippen LogP contribution in [0.3, 0.4) is 0 Å². The first-order valence-corrected chi connectivity index (χ1v) is 9.75. The molecular weight excluding hydrogens is 384 g/mol. The third-order valence-electron chi connectivity index (χ3n) is 4.98. The highest BCUT2D eigenvalue weighted by Crippen LogP contribution is 2.27. The minimum atomic E-state index is -0.819. The van der Waals surface area contributed by atoms with Crippen molar-refractivity contribution in [2.45, 2.75) is 33.1 Å². The summed E-state index contributed by atoms with van der Waals surface area (Å²) in [7, 11) is 0. The minimum absolute atomic E-state index is 0.0426. The fourth-order valence-corrected chi connectivity index (χ4v) is 3.40. The van der Waals surface area contributed by atoms with Gasteiger partial charge in [-0.3, -0.25) is 24.1 Å². The van der Waals surface area contributed by atoms with E-state index in [0.717, 1.165) is 16.0 Å². The zero-order valence-electron chi connectivity index (χ0n) is 17.2. The number of amides is 3. The van der Waals surface area contributed by atoms with Gasteiger partial charge < -0.3 is 10.1 Å². The number of rotatable bonds is 6. The number of benzene rings is 2. The Kier molecular flexibility index (Phi) is 6.30. The Morgan fingerprint density at radius 1 is 1.10 bits per heavy atom. The smallest absolute Gasteiger partial charge is 0.326 e. The number of carbonyl (C=O) groups excluding carboxylic acids is 4. The maximum absolute atomic E-state index is 12.5. The van der Waals surface area contributed by atoms with Crippen LogP contribution in [0.1, 0.15) is 46.8 Å². The summed E-state index contributed by atoms with van der Waals surface area (Å²) < 4.78 is 5.01. The van der Waals surface area contributed by atoms with Gasteiger partial charge in [0.05, 0.1) is 6.42 Å². The number of nitrogens with one attached hydrogen (secondary N) is 1. The number of esters is 1.